The third-order valence-corrected chi connectivity index (χ3v) is 2.47. The van der Waals surface area contributed by atoms with Gasteiger partial charge in [0, 0.05) is 29.8 Å². The van der Waals surface area contributed by atoms with E-state index in [1.54, 1.807) is 19.2 Å². The van der Waals surface area contributed by atoms with Gasteiger partial charge in [-0.3, -0.25) is 9.79 Å². The van der Waals surface area contributed by atoms with Crippen LogP contribution < -0.4 is 0 Å². The summed E-state index contributed by atoms with van der Waals surface area (Å²) in [6.45, 7) is 0. The van der Waals surface area contributed by atoms with Gasteiger partial charge in [0.2, 0.25) is 0 Å². The van der Waals surface area contributed by atoms with Crippen LogP contribution in [0.1, 0.15) is 15.9 Å². The lowest BCUT2D eigenvalue weighted by atomic mass is 10.0. The molecule has 0 aliphatic rings. The van der Waals surface area contributed by atoms with Gasteiger partial charge in [-0.25, -0.2) is 0 Å². The number of aldehydes is 1. The number of hydrogen-bond acceptors (Lipinski definition) is 3. The number of carbonyl (C=O) groups excluding carboxylic acids is 1. The summed E-state index contributed by atoms with van der Waals surface area (Å²) in [5, 5.41) is 11.4. The quantitative estimate of drug-likeness (QED) is 0.615. The van der Waals surface area contributed by atoms with Crippen LogP contribution in [0.15, 0.2) is 35.3 Å². The Labute approximate surface area is 93.1 Å². The average molecular weight is 213 g/mol. The maximum atomic E-state index is 11.0. The summed E-state index contributed by atoms with van der Waals surface area (Å²) in [4.78, 5) is 14.8. The number of fused-ring (bicyclic) bond motifs is 1. The molecule has 0 fully saturated rings. The first-order valence-electron chi connectivity index (χ1n) is 4.90. The van der Waals surface area contributed by atoms with E-state index in [-0.39, 0.29) is 5.75 Å². The lowest BCUT2D eigenvalue weighted by Gasteiger charge is -2.06. The lowest BCUT2D eigenvalue weighted by molar-refractivity contribution is 0.112. The van der Waals surface area contributed by atoms with Crippen molar-refractivity contribution in [2.45, 2.75) is 0 Å². The number of phenolic OH excluding ortho intramolecular Hbond substituents is 1. The highest BCUT2D eigenvalue weighted by Gasteiger charge is 2.08. The highest BCUT2D eigenvalue weighted by molar-refractivity contribution is 6.05. The topological polar surface area (TPSA) is 49.7 Å². The van der Waals surface area contributed by atoms with Gasteiger partial charge in [-0.2, -0.15) is 0 Å². The fourth-order valence-electron chi connectivity index (χ4n) is 1.75. The zero-order valence-corrected chi connectivity index (χ0v) is 8.84. The molecular weight excluding hydrogens is 202 g/mol. The van der Waals surface area contributed by atoms with E-state index in [9.17, 15) is 9.90 Å². The first-order chi connectivity index (χ1) is 7.77. The fraction of sp³-hybridized carbons (Fsp3) is 0.0769. The molecule has 2 aromatic carbocycles. The average Bonchev–Trinajstić information content (AvgIpc) is 2.33. The van der Waals surface area contributed by atoms with Gasteiger partial charge >= 0.3 is 0 Å². The van der Waals surface area contributed by atoms with Crippen LogP contribution in [0, 0.1) is 0 Å². The van der Waals surface area contributed by atoms with E-state index in [1.165, 1.54) is 6.21 Å². The van der Waals surface area contributed by atoms with Gasteiger partial charge in [-0.05, 0) is 11.5 Å². The molecule has 0 saturated carbocycles. The molecule has 2 aromatic rings. The van der Waals surface area contributed by atoms with Crippen LogP contribution in [0.4, 0.5) is 0 Å². The van der Waals surface area contributed by atoms with E-state index < -0.39 is 0 Å². The Morgan fingerprint density at radius 1 is 1.19 bits per heavy atom. The second kappa shape index (κ2) is 4.14. The molecular formula is C13H11NO2. The minimum Gasteiger partial charge on any atom is -0.507 e. The Morgan fingerprint density at radius 3 is 2.50 bits per heavy atom. The zero-order valence-electron chi connectivity index (χ0n) is 8.84. The van der Waals surface area contributed by atoms with Crippen molar-refractivity contribution in [3.8, 4) is 5.75 Å². The lowest BCUT2D eigenvalue weighted by Crippen LogP contribution is -1.90. The Bertz CT molecular complexity index is 573. The number of nitrogens with zero attached hydrogens (tertiary/aromatic N) is 1. The van der Waals surface area contributed by atoms with Crippen molar-refractivity contribution in [2.24, 2.45) is 4.99 Å². The molecule has 3 heteroatoms. The number of carbonyl (C=O) groups is 1. The van der Waals surface area contributed by atoms with Gasteiger partial charge in [-0.1, -0.05) is 24.3 Å². The van der Waals surface area contributed by atoms with E-state index in [0.717, 1.165) is 11.7 Å². The van der Waals surface area contributed by atoms with Crippen LogP contribution >= 0.6 is 0 Å². The van der Waals surface area contributed by atoms with Gasteiger partial charge in [0.05, 0.1) is 0 Å². The maximum Gasteiger partial charge on any atom is 0.150 e. The largest absolute Gasteiger partial charge is 0.507 e. The number of hydrogen-bond donors (Lipinski definition) is 1. The highest BCUT2D eigenvalue weighted by Crippen LogP contribution is 2.29. The summed E-state index contributed by atoms with van der Waals surface area (Å²) in [5.41, 5.74) is 1.12. The highest BCUT2D eigenvalue weighted by atomic mass is 16.3. The molecule has 0 amide bonds. The molecule has 80 valence electrons. The number of rotatable bonds is 2. The SMILES string of the molecule is CN=Cc1cc(C=O)c2ccccc2c1O. The van der Waals surface area contributed by atoms with E-state index in [4.69, 9.17) is 0 Å². The molecule has 0 unspecified atom stereocenters. The van der Waals surface area contributed by atoms with Crippen LogP contribution in [0.3, 0.4) is 0 Å². The molecule has 0 bridgehead atoms. The molecule has 0 radical (unpaired) electrons. The van der Waals surface area contributed by atoms with Gasteiger partial charge < -0.3 is 5.11 Å². The van der Waals surface area contributed by atoms with Gasteiger partial charge in [0.15, 0.2) is 6.29 Å². The second-order valence-corrected chi connectivity index (χ2v) is 3.45. The molecule has 0 heterocycles. The van der Waals surface area contributed by atoms with Crippen molar-refractivity contribution in [2.75, 3.05) is 7.05 Å². The smallest absolute Gasteiger partial charge is 0.150 e. The van der Waals surface area contributed by atoms with E-state index in [0.29, 0.717) is 16.5 Å². The minimum absolute atomic E-state index is 0.159. The van der Waals surface area contributed by atoms with Crippen molar-refractivity contribution in [1.29, 1.82) is 0 Å². The number of aliphatic imine (C=N–C) groups is 1. The Hall–Kier alpha value is -2.16. The molecule has 1 N–H and O–H groups in total. The van der Waals surface area contributed by atoms with Crippen LogP contribution in [0.5, 0.6) is 5.75 Å². The minimum atomic E-state index is 0.159. The Morgan fingerprint density at radius 2 is 1.88 bits per heavy atom. The molecule has 16 heavy (non-hydrogen) atoms. The van der Waals surface area contributed by atoms with Crippen molar-refractivity contribution >= 4 is 23.3 Å². The van der Waals surface area contributed by atoms with Crippen LogP contribution in [0.25, 0.3) is 10.8 Å². The summed E-state index contributed by atoms with van der Waals surface area (Å²) in [7, 11) is 1.62. The summed E-state index contributed by atoms with van der Waals surface area (Å²) in [6, 6.07) is 8.89. The monoisotopic (exact) mass is 213 g/mol. The van der Waals surface area contributed by atoms with Crippen molar-refractivity contribution in [3.63, 3.8) is 0 Å². The standard InChI is InChI=1S/C13H11NO2/c1-14-7-9-6-10(8-15)11-4-2-3-5-12(11)13(9)16/h2-8,16H,1H3. The molecule has 0 aromatic heterocycles. The third kappa shape index (κ3) is 1.56. The maximum absolute atomic E-state index is 11.0. The number of aromatic hydroxyl groups is 1. The molecule has 0 spiro atoms. The van der Waals surface area contributed by atoms with Crippen LogP contribution in [-0.4, -0.2) is 24.7 Å². The first-order valence-corrected chi connectivity index (χ1v) is 4.90. The zero-order chi connectivity index (χ0) is 11.5. The summed E-state index contributed by atoms with van der Waals surface area (Å²) >= 11 is 0. The van der Waals surface area contributed by atoms with Crippen molar-refractivity contribution in [3.05, 3.63) is 41.5 Å². The van der Waals surface area contributed by atoms with E-state index in [2.05, 4.69) is 4.99 Å². The molecule has 0 saturated heterocycles. The predicted molar refractivity (Wildman–Crippen MR) is 64.5 cm³/mol. The van der Waals surface area contributed by atoms with E-state index >= 15 is 0 Å². The van der Waals surface area contributed by atoms with Crippen LogP contribution in [0.2, 0.25) is 0 Å². The fourth-order valence-corrected chi connectivity index (χ4v) is 1.75. The van der Waals surface area contributed by atoms with E-state index in [1.807, 2.05) is 18.2 Å². The molecule has 0 atom stereocenters. The third-order valence-electron chi connectivity index (χ3n) is 2.47. The second-order valence-electron chi connectivity index (χ2n) is 3.45. The number of phenols is 1. The molecule has 0 aliphatic carbocycles. The molecule has 2 rings (SSSR count). The van der Waals surface area contributed by atoms with Gasteiger partial charge in [-0.15, -0.1) is 0 Å². The molecule has 0 aliphatic heterocycles. The first kappa shape index (κ1) is 10.4. The number of benzene rings is 2. The normalized spacial score (nSPS) is 11.1. The van der Waals surface area contributed by atoms with Crippen molar-refractivity contribution in [1.82, 2.24) is 0 Å². The Kier molecular flexibility index (Phi) is 2.68. The predicted octanol–water partition coefficient (Wildman–Crippen LogP) is 2.41. The Balaban J connectivity index is 2.88. The van der Waals surface area contributed by atoms with Crippen LogP contribution in [-0.2, 0) is 0 Å². The van der Waals surface area contributed by atoms with Gasteiger partial charge in [0.25, 0.3) is 0 Å². The summed E-state index contributed by atoms with van der Waals surface area (Å²) in [6.07, 6.45) is 2.32. The van der Waals surface area contributed by atoms with Crippen molar-refractivity contribution < 1.29 is 9.90 Å². The van der Waals surface area contributed by atoms with Gasteiger partial charge in [0.1, 0.15) is 5.75 Å². The summed E-state index contributed by atoms with van der Waals surface area (Å²) < 4.78 is 0. The summed E-state index contributed by atoms with van der Waals surface area (Å²) in [5.74, 6) is 0.159. The molecule has 3 nitrogen and oxygen atoms in total.